The molecule has 31 heavy (non-hydrogen) atoms. The van der Waals surface area contributed by atoms with Crippen molar-refractivity contribution in [2.24, 2.45) is 5.73 Å². The number of aromatic nitrogens is 3. The summed E-state index contributed by atoms with van der Waals surface area (Å²) in [5.41, 5.74) is 9.88. The van der Waals surface area contributed by atoms with Gasteiger partial charge >= 0.3 is 0 Å². The molecule has 0 saturated carbocycles. The van der Waals surface area contributed by atoms with Crippen LogP contribution in [0.1, 0.15) is 22.9 Å². The summed E-state index contributed by atoms with van der Waals surface area (Å²) in [6.07, 6.45) is 4.16. The van der Waals surface area contributed by atoms with Gasteiger partial charge in [0.15, 0.2) is 0 Å². The molecule has 4 rings (SSSR count). The number of pyridine rings is 3. The third-order valence-electron chi connectivity index (χ3n) is 4.97. The van der Waals surface area contributed by atoms with Crippen LogP contribution < -0.4 is 11.1 Å². The number of anilines is 1. The third-order valence-corrected chi connectivity index (χ3v) is 4.97. The molecular weight excluding hydrogens is 386 g/mol. The maximum absolute atomic E-state index is 12.4. The summed E-state index contributed by atoms with van der Waals surface area (Å²) >= 11 is 0. The summed E-state index contributed by atoms with van der Waals surface area (Å²) < 4.78 is 0. The minimum Gasteiger partial charge on any atom is -0.369 e. The van der Waals surface area contributed by atoms with Crippen LogP contribution in [-0.2, 0) is 11.2 Å². The molecular formula is C25H23N5O. The average Bonchev–Trinajstić information content (AvgIpc) is 2.82. The van der Waals surface area contributed by atoms with Gasteiger partial charge in [-0.25, -0.2) is 4.98 Å². The van der Waals surface area contributed by atoms with Crippen LogP contribution in [0.2, 0.25) is 0 Å². The zero-order valence-corrected chi connectivity index (χ0v) is 17.0. The fourth-order valence-electron chi connectivity index (χ4n) is 3.47. The van der Waals surface area contributed by atoms with Crippen LogP contribution in [0.4, 0.5) is 5.82 Å². The molecule has 0 fully saturated rings. The van der Waals surface area contributed by atoms with Gasteiger partial charge in [0.25, 0.3) is 0 Å². The predicted octanol–water partition coefficient (Wildman–Crippen LogP) is 3.81. The monoisotopic (exact) mass is 409 g/mol. The second kappa shape index (κ2) is 9.63. The Hall–Kier alpha value is -4.06. The summed E-state index contributed by atoms with van der Waals surface area (Å²) in [4.78, 5) is 26.0. The number of hydrogen-bond acceptors (Lipinski definition) is 5. The van der Waals surface area contributed by atoms with E-state index in [0.717, 1.165) is 23.4 Å². The largest absolute Gasteiger partial charge is 0.369 e. The minimum atomic E-state index is -0.698. The van der Waals surface area contributed by atoms with Crippen LogP contribution >= 0.6 is 0 Å². The number of carbonyl (C=O) groups excluding carboxylic acids is 1. The summed E-state index contributed by atoms with van der Waals surface area (Å²) in [5.74, 6) is -0.552. The Balaban J connectivity index is 1.69. The number of primary amides is 1. The molecule has 0 aliphatic heterocycles. The number of nitrogens with two attached hydrogens (primary N) is 1. The van der Waals surface area contributed by atoms with Gasteiger partial charge in [-0.2, -0.15) is 0 Å². The lowest BCUT2D eigenvalue weighted by Crippen LogP contribution is -2.25. The number of amides is 1. The standard InChI is InChI=1S/C25H23N5O/c26-24(31)23(22-11-5-7-16-28-22)20-12-13-21(18-8-2-1-3-9-18)30-25(20)29-17-14-19-10-4-6-15-27-19/h1-13,15-16,23H,14,17H2,(H2,26,31)(H,29,30). The van der Waals surface area contributed by atoms with Gasteiger partial charge < -0.3 is 11.1 Å². The van der Waals surface area contributed by atoms with E-state index in [2.05, 4.69) is 15.3 Å². The van der Waals surface area contributed by atoms with E-state index in [4.69, 9.17) is 10.7 Å². The molecule has 0 aliphatic carbocycles. The fourth-order valence-corrected chi connectivity index (χ4v) is 3.47. The van der Waals surface area contributed by atoms with E-state index in [0.29, 0.717) is 23.6 Å². The average molecular weight is 409 g/mol. The van der Waals surface area contributed by atoms with Crippen molar-refractivity contribution in [1.82, 2.24) is 15.0 Å². The molecule has 6 nitrogen and oxygen atoms in total. The first-order valence-electron chi connectivity index (χ1n) is 10.1. The first-order valence-corrected chi connectivity index (χ1v) is 10.1. The molecule has 3 N–H and O–H groups in total. The molecule has 4 aromatic rings. The number of rotatable bonds is 8. The molecule has 1 atom stereocenters. The Morgan fingerprint density at radius 1 is 0.871 bits per heavy atom. The van der Waals surface area contributed by atoms with Gasteiger partial charge in [0.05, 0.1) is 11.4 Å². The second-order valence-corrected chi connectivity index (χ2v) is 7.09. The summed E-state index contributed by atoms with van der Waals surface area (Å²) in [5, 5.41) is 3.39. The van der Waals surface area contributed by atoms with E-state index in [9.17, 15) is 4.79 Å². The van der Waals surface area contributed by atoms with Gasteiger partial charge in [0.2, 0.25) is 5.91 Å². The highest BCUT2D eigenvalue weighted by Crippen LogP contribution is 2.30. The quantitative estimate of drug-likeness (QED) is 0.462. The summed E-state index contributed by atoms with van der Waals surface area (Å²) in [6.45, 7) is 0.614. The highest BCUT2D eigenvalue weighted by molar-refractivity contribution is 5.87. The first-order chi connectivity index (χ1) is 15.2. The van der Waals surface area contributed by atoms with Crippen molar-refractivity contribution in [2.75, 3.05) is 11.9 Å². The summed E-state index contributed by atoms with van der Waals surface area (Å²) in [6, 6.07) is 25.0. The molecule has 0 aliphatic rings. The fraction of sp³-hybridized carbons (Fsp3) is 0.120. The van der Waals surface area contributed by atoms with Gasteiger partial charge in [-0.3, -0.25) is 14.8 Å². The first kappa shape index (κ1) is 20.2. The molecule has 3 heterocycles. The second-order valence-electron chi connectivity index (χ2n) is 7.09. The van der Waals surface area contributed by atoms with Crippen LogP contribution in [0.15, 0.2) is 91.3 Å². The topological polar surface area (TPSA) is 93.8 Å². The SMILES string of the molecule is NC(=O)C(c1ccccn1)c1ccc(-c2ccccc2)nc1NCCc1ccccn1. The molecule has 154 valence electrons. The molecule has 1 aromatic carbocycles. The third kappa shape index (κ3) is 4.93. The summed E-state index contributed by atoms with van der Waals surface area (Å²) in [7, 11) is 0. The van der Waals surface area contributed by atoms with Crippen LogP contribution in [-0.4, -0.2) is 27.4 Å². The molecule has 0 radical (unpaired) electrons. The predicted molar refractivity (Wildman–Crippen MR) is 121 cm³/mol. The van der Waals surface area contributed by atoms with E-state index in [1.54, 1.807) is 18.5 Å². The van der Waals surface area contributed by atoms with Crippen molar-refractivity contribution in [3.05, 3.63) is 108 Å². The lowest BCUT2D eigenvalue weighted by Gasteiger charge is -2.19. The van der Waals surface area contributed by atoms with Gasteiger partial charge in [-0.15, -0.1) is 0 Å². The zero-order valence-electron chi connectivity index (χ0n) is 17.0. The number of hydrogen-bond donors (Lipinski definition) is 2. The van der Waals surface area contributed by atoms with E-state index < -0.39 is 11.8 Å². The van der Waals surface area contributed by atoms with E-state index in [-0.39, 0.29) is 0 Å². The van der Waals surface area contributed by atoms with Gasteiger partial charge in [-0.05, 0) is 30.3 Å². The number of benzene rings is 1. The Morgan fingerprint density at radius 2 is 1.61 bits per heavy atom. The smallest absolute Gasteiger partial charge is 0.231 e. The van der Waals surface area contributed by atoms with Crippen LogP contribution in [0.25, 0.3) is 11.3 Å². The van der Waals surface area contributed by atoms with E-state index >= 15 is 0 Å². The van der Waals surface area contributed by atoms with E-state index in [1.165, 1.54) is 0 Å². The molecule has 1 unspecified atom stereocenters. The lowest BCUT2D eigenvalue weighted by molar-refractivity contribution is -0.118. The number of nitrogens with one attached hydrogen (secondary N) is 1. The number of nitrogens with zero attached hydrogens (tertiary/aromatic N) is 3. The van der Waals surface area contributed by atoms with Crippen LogP contribution in [0.5, 0.6) is 0 Å². The highest BCUT2D eigenvalue weighted by Gasteiger charge is 2.25. The van der Waals surface area contributed by atoms with Crippen molar-refractivity contribution in [3.63, 3.8) is 0 Å². The molecule has 0 bridgehead atoms. The van der Waals surface area contributed by atoms with Crippen molar-refractivity contribution in [2.45, 2.75) is 12.3 Å². The van der Waals surface area contributed by atoms with Gasteiger partial charge in [0, 0.05) is 42.2 Å². The maximum atomic E-state index is 12.4. The zero-order chi connectivity index (χ0) is 21.5. The Labute approximate surface area is 181 Å². The Morgan fingerprint density at radius 3 is 2.29 bits per heavy atom. The van der Waals surface area contributed by atoms with Crippen LogP contribution in [0.3, 0.4) is 0 Å². The minimum absolute atomic E-state index is 0.472. The van der Waals surface area contributed by atoms with Crippen LogP contribution in [0, 0.1) is 0 Å². The van der Waals surface area contributed by atoms with Crippen molar-refractivity contribution in [1.29, 1.82) is 0 Å². The van der Waals surface area contributed by atoms with Gasteiger partial charge in [0.1, 0.15) is 11.7 Å². The molecule has 3 aromatic heterocycles. The van der Waals surface area contributed by atoms with Gasteiger partial charge in [-0.1, -0.05) is 48.5 Å². The normalized spacial score (nSPS) is 11.6. The van der Waals surface area contributed by atoms with Crippen molar-refractivity contribution >= 4 is 11.7 Å². The molecule has 1 amide bonds. The van der Waals surface area contributed by atoms with Crippen molar-refractivity contribution in [3.8, 4) is 11.3 Å². The maximum Gasteiger partial charge on any atom is 0.231 e. The lowest BCUT2D eigenvalue weighted by atomic mass is 9.94. The Bertz CT molecular complexity index is 1130. The highest BCUT2D eigenvalue weighted by atomic mass is 16.1. The Kier molecular flexibility index (Phi) is 6.28. The molecule has 0 saturated heterocycles. The molecule has 6 heteroatoms. The van der Waals surface area contributed by atoms with Crippen molar-refractivity contribution < 1.29 is 4.79 Å². The molecule has 0 spiro atoms. The van der Waals surface area contributed by atoms with E-state index in [1.807, 2.05) is 72.8 Å². The number of carbonyl (C=O) groups is 1.